The number of hydrogen-bond acceptors (Lipinski definition) is 8. The molecule has 10 heteroatoms. The highest BCUT2D eigenvalue weighted by molar-refractivity contribution is 7.97. The van der Waals surface area contributed by atoms with Crippen molar-refractivity contribution in [3.05, 3.63) is 70.4 Å². The lowest BCUT2D eigenvalue weighted by Crippen LogP contribution is -2.21. The quantitative estimate of drug-likeness (QED) is 0.485. The minimum absolute atomic E-state index is 0.183. The number of benzene rings is 2. The number of pyridine rings is 1. The van der Waals surface area contributed by atoms with Crippen molar-refractivity contribution in [2.75, 3.05) is 11.9 Å². The predicted octanol–water partition coefficient (Wildman–Crippen LogP) is 4.56. The summed E-state index contributed by atoms with van der Waals surface area (Å²) in [5, 5.41) is 27.5. The number of hydrogen-bond donors (Lipinski definition) is 2. The maximum atomic E-state index is 12.4. The number of nitrogens with zero attached hydrogens (tertiary/aromatic N) is 3. The molecule has 0 aliphatic rings. The first-order valence-electron chi connectivity index (χ1n) is 9.11. The van der Waals surface area contributed by atoms with Gasteiger partial charge < -0.3 is 14.8 Å². The fourth-order valence-corrected chi connectivity index (χ4v) is 3.21. The fourth-order valence-electron chi connectivity index (χ4n) is 2.65. The molecule has 0 spiro atoms. The van der Waals surface area contributed by atoms with Crippen molar-refractivity contribution in [3.8, 4) is 29.4 Å². The Kier molecular flexibility index (Phi) is 7.53. The molecule has 2 aromatic carbocycles. The number of aryl methyl sites for hydroxylation is 1. The van der Waals surface area contributed by atoms with Crippen LogP contribution in [-0.2, 0) is 4.79 Å². The third kappa shape index (κ3) is 5.90. The molecule has 8 nitrogen and oxygen atoms in total. The molecule has 32 heavy (non-hydrogen) atoms. The molecule has 3 rings (SSSR count). The minimum Gasteiger partial charge on any atom is -0.480 e. The number of carbonyl (C=O) groups is 1. The van der Waals surface area contributed by atoms with Crippen LogP contribution in [0.1, 0.15) is 16.8 Å². The van der Waals surface area contributed by atoms with Crippen molar-refractivity contribution in [3.63, 3.8) is 0 Å². The Morgan fingerprint density at radius 3 is 2.59 bits per heavy atom. The number of aromatic nitrogens is 1. The molecule has 0 saturated heterocycles. The first kappa shape index (κ1) is 22.9. The Morgan fingerprint density at radius 1 is 1.12 bits per heavy atom. The van der Waals surface area contributed by atoms with Gasteiger partial charge in [0.25, 0.3) is 5.91 Å². The molecule has 0 aliphatic heterocycles. The summed E-state index contributed by atoms with van der Waals surface area (Å²) in [7, 11) is 0. The van der Waals surface area contributed by atoms with E-state index in [1.807, 2.05) is 12.1 Å². The van der Waals surface area contributed by atoms with Gasteiger partial charge in [0.15, 0.2) is 18.1 Å². The zero-order valence-electron chi connectivity index (χ0n) is 16.8. The third-order valence-electron chi connectivity index (χ3n) is 4.11. The van der Waals surface area contributed by atoms with Crippen LogP contribution < -0.4 is 19.9 Å². The second-order valence-electron chi connectivity index (χ2n) is 6.40. The van der Waals surface area contributed by atoms with Gasteiger partial charge in [-0.05, 0) is 61.3 Å². The summed E-state index contributed by atoms with van der Waals surface area (Å²) in [6.45, 7) is 1.41. The van der Waals surface area contributed by atoms with E-state index in [4.69, 9.17) is 31.5 Å². The first-order valence-corrected chi connectivity index (χ1v) is 10.4. The lowest BCUT2D eigenvalue weighted by molar-refractivity contribution is -0.118. The molecular formula is C22H16ClN5O3S. The van der Waals surface area contributed by atoms with Gasteiger partial charge in [-0.15, -0.1) is 0 Å². The number of nitrogens with two attached hydrogens (primary N) is 1. The molecule has 3 N–H and O–H groups in total. The Balaban J connectivity index is 1.76. The summed E-state index contributed by atoms with van der Waals surface area (Å²) in [4.78, 5) is 16.7. The standard InChI is InChI=1S/C22H16ClN5O3S/c1-13-18(3-5-22(27-13)32-26)28-21(29)12-30-20-8-14(10-24)2-4-19(20)31-17-7-15(11-25)6-16(23)9-17/h2-9H,12,26H2,1H3,(H,28,29). The van der Waals surface area contributed by atoms with Gasteiger partial charge in [0, 0.05) is 11.1 Å². The maximum Gasteiger partial charge on any atom is 0.262 e. The number of carbonyl (C=O) groups excluding carboxylic acids is 1. The van der Waals surface area contributed by atoms with Crippen LogP contribution in [0.15, 0.2) is 53.6 Å². The molecule has 0 unspecified atom stereocenters. The van der Waals surface area contributed by atoms with E-state index in [2.05, 4.69) is 10.3 Å². The van der Waals surface area contributed by atoms with Crippen molar-refractivity contribution in [2.45, 2.75) is 11.9 Å². The number of amides is 1. The zero-order chi connectivity index (χ0) is 23.1. The largest absolute Gasteiger partial charge is 0.480 e. The van der Waals surface area contributed by atoms with Crippen molar-refractivity contribution >= 4 is 35.1 Å². The lowest BCUT2D eigenvalue weighted by Gasteiger charge is -2.14. The molecule has 0 atom stereocenters. The van der Waals surface area contributed by atoms with Crippen LogP contribution in [0.25, 0.3) is 0 Å². The number of nitriles is 2. The highest BCUT2D eigenvalue weighted by atomic mass is 35.5. The predicted molar refractivity (Wildman–Crippen MR) is 121 cm³/mol. The molecule has 160 valence electrons. The molecule has 1 heterocycles. The second-order valence-corrected chi connectivity index (χ2v) is 7.49. The number of anilines is 1. The average Bonchev–Trinajstić information content (AvgIpc) is 2.79. The molecule has 3 aromatic rings. The summed E-state index contributed by atoms with van der Waals surface area (Å²) >= 11 is 7.03. The maximum absolute atomic E-state index is 12.4. The highest BCUT2D eigenvalue weighted by Gasteiger charge is 2.13. The molecule has 0 fully saturated rings. The van der Waals surface area contributed by atoms with E-state index in [0.29, 0.717) is 38.3 Å². The number of halogens is 1. The summed E-state index contributed by atoms with van der Waals surface area (Å²) < 4.78 is 11.4. The zero-order valence-corrected chi connectivity index (χ0v) is 18.3. The monoisotopic (exact) mass is 465 g/mol. The van der Waals surface area contributed by atoms with E-state index < -0.39 is 5.91 Å². The Bertz CT molecular complexity index is 1250. The van der Waals surface area contributed by atoms with Crippen LogP contribution >= 0.6 is 23.5 Å². The van der Waals surface area contributed by atoms with Crippen LogP contribution in [0, 0.1) is 29.6 Å². The molecule has 0 aliphatic carbocycles. The van der Waals surface area contributed by atoms with Crippen LogP contribution in [0.3, 0.4) is 0 Å². The van der Waals surface area contributed by atoms with Gasteiger partial charge in [0.05, 0.1) is 34.6 Å². The molecule has 0 saturated carbocycles. The summed E-state index contributed by atoms with van der Waals surface area (Å²) in [5.41, 5.74) is 1.79. The fraction of sp³-hybridized carbons (Fsp3) is 0.0909. The van der Waals surface area contributed by atoms with Gasteiger partial charge in [-0.3, -0.25) is 9.93 Å². The van der Waals surface area contributed by atoms with Gasteiger partial charge in [-0.25, -0.2) is 4.98 Å². The molecular weight excluding hydrogens is 450 g/mol. The average molecular weight is 466 g/mol. The van der Waals surface area contributed by atoms with Crippen molar-refractivity contribution in [1.82, 2.24) is 4.98 Å². The summed E-state index contributed by atoms with van der Waals surface area (Å²) in [6.07, 6.45) is 0. The minimum atomic E-state index is -0.425. The molecule has 0 bridgehead atoms. The van der Waals surface area contributed by atoms with Crippen molar-refractivity contribution in [1.29, 1.82) is 10.5 Å². The highest BCUT2D eigenvalue weighted by Crippen LogP contribution is 2.34. The van der Waals surface area contributed by atoms with Gasteiger partial charge >= 0.3 is 0 Å². The van der Waals surface area contributed by atoms with Gasteiger partial charge in [-0.2, -0.15) is 10.5 Å². The van der Waals surface area contributed by atoms with Gasteiger partial charge in [-0.1, -0.05) is 11.6 Å². The lowest BCUT2D eigenvalue weighted by atomic mass is 10.2. The van der Waals surface area contributed by atoms with Crippen LogP contribution in [0.4, 0.5) is 5.69 Å². The number of nitrogens with one attached hydrogen (secondary N) is 1. The summed E-state index contributed by atoms with van der Waals surface area (Å²) in [5.74, 6) is 0.325. The molecule has 1 aromatic heterocycles. The van der Waals surface area contributed by atoms with E-state index >= 15 is 0 Å². The SMILES string of the molecule is Cc1nc(SN)ccc1NC(=O)COc1cc(C#N)ccc1Oc1cc(Cl)cc(C#N)c1. The number of ether oxygens (including phenoxy) is 2. The second kappa shape index (κ2) is 10.5. The third-order valence-corrected chi connectivity index (χ3v) is 4.80. The van der Waals surface area contributed by atoms with E-state index in [1.54, 1.807) is 25.1 Å². The van der Waals surface area contributed by atoms with E-state index in [1.165, 1.54) is 30.3 Å². The van der Waals surface area contributed by atoms with E-state index in [9.17, 15) is 10.1 Å². The van der Waals surface area contributed by atoms with Gasteiger partial charge in [0.1, 0.15) is 10.8 Å². The Labute approximate surface area is 193 Å². The summed E-state index contributed by atoms with van der Waals surface area (Å²) in [6, 6.07) is 16.5. The normalized spacial score (nSPS) is 10.0. The van der Waals surface area contributed by atoms with E-state index in [-0.39, 0.29) is 18.1 Å². The van der Waals surface area contributed by atoms with Crippen molar-refractivity contribution in [2.24, 2.45) is 5.14 Å². The molecule has 0 radical (unpaired) electrons. The van der Waals surface area contributed by atoms with Crippen LogP contribution in [-0.4, -0.2) is 17.5 Å². The first-order chi connectivity index (χ1) is 15.4. The van der Waals surface area contributed by atoms with Crippen LogP contribution in [0.2, 0.25) is 5.02 Å². The number of rotatable bonds is 7. The molecule has 1 amide bonds. The Hall–Kier alpha value is -3.76. The smallest absolute Gasteiger partial charge is 0.262 e. The van der Waals surface area contributed by atoms with Crippen molar-refractivity contribution < 1.29 is 14.3 Å². The van der Waals surface area contributed by atoms with Gasteiger partial charge in [0.2, 0.25) is 0 Å². The topological polar surface area (TPSA) is 134 Å². The van der Waals surface area contributed by atoms with E-state index in [0.717, 1.165) is 11.9 Å². The van der Waals surface area contributed by atoms with Crippen LogP contribution in [0.5, 0.6) is 17.2 Å². The Morgan fingerprint density at radius 2 is 1.91 bits per heavy atom.